The molecule has 0 N–H and O–H groups in total. The van der Waals surface area contributed by atoms with Crippen molar-refractivity contribution < 1.29 is 9.63 Å². The number of hydroxylamine groups is 2. The summed E-state index contributed by atoms with van der Waals surface area (Å²) in [6.45, 7) is 0. The molecule has 0 fully saturated rings. The van der Waals surface area contributed by atoms with Gasteiger partial charge in [0, 0.05) is 22.3 Å². The van der Waals surface area contributed by atoms with Gasteiger partial charge < -0.3 is 0 Å². The number of nitrogens with zero attached hydrogens (tertiary/aromatic N) is 1. The van der Waals surface area contributed by atoms with E-state index in [2.05, 4.69) is 15.9 Å². The minimum absolute atomic E-state index is 0.148. The molecule has 5 heteroatoms. The van der Waals surface area contributed by atoms with Crippen LogP contribution in [-0.4, -0.2) is 25.1 Å². The first kappa shape index (κ1) is 9.70. The van der Waals surface area contributed by atoms with Crippen LogP contribution in [0.3, 0.4) is 0 Å². The molecule has 0 radical (unpaired) electrons. The third-order valence-corrected chi connectivity index (χ3v) is 3.11. The Morgan fingerprint density at radius 2 is 2.33 bits per heavy atom. The lowest BCUT2D eigenvalue weighted by molar-refractivity contribution is -0.0757. The molecule has 0 unspecified atom stereocenters. The summed E-state index contributed by atoms with van der Waals surface area (Å²) in [5.74, 6) is -0.148. The number of carbonyl (C=O) groups excluding carboxylic acids is 1. The maximum Gasteiger partial charge on any atom is 0.279 e. The molecule has 0 aromatic carbocycles. The van der Waals surface area contributed by atoms with Gasteiger partial charge in [0.2, 0.25) is 0 Å². The Balaban J connectivity index is 2.85. The molecule has 0 aliphatic rings. The Labute approximate surface area is 83.0 Å². The van der Waals surface area contributed by atoms with Gasteiger partial charge in [-0.3, -0.25) is 9.63 Å². The van der Waals surface area contributed by atoms with Gasteiger partial charge in [-0.1, -0.05) is 0 Å². The van der Waals surface area contributed by atoms with E-state index in [1.165, 1.54) is 23.5 Å². The molecule has 0 saturated carbocycles. The van der Waals surface area contributed by atoms with Crippen LogP contribution in [0.2, 0.25) is 0 Å². The number of thiophene rings is 1. The highest BCUT2D eigenvalue weighted by molar-refractivity contribution is 9.10. The summed E-state index contributed by atoms with van der Waals surface area (Å²) in [6, 6.07) is 0. The summed E-state index contributed by atoms with van der Waals surface area (Å²) in [4.78, 5) is 16.2. The molecule has 0 aliphatic heterocycles. The van der Waals surface area contributed by atoms with Gasteiger partial charge >= 0.3 is 0 Å². The molecule has 0 saturated heterocycles. The van der Waals surface area contributed by atoms with Crippen molar-refractivity contribution in [3.8, 4) is 0 Å². The van der Waals surface area contributed by atoms with E-state index in [1.807, 2.05) is 5.38 Å². The Morgan fingerprint density at radius 1 is 1.67 bits per heavy atom. The van der Waals surface area contributed by atoms with E-state index in [0.29, 0.717) is 5.56 Å². The number of rotatable bonds is 2. The molecule has 1 heterocycles. The van der Waals surface area contributed by atoms with Crippen LogP contribution in [0, 0.1) is 0 Å². The van der Waals surface area contributed by atoms with E-state index in [-0.39, 0.29) is 5.91 Å². The molecule has 0 atom stereocenters. The first-order valence-corrected chi connectivity index (χ1v) is 4.94. The summed E-state index contributed by atoms with van der Waals surface area (Å²) in [5, 5.41) is 4.82. The highest BCUT2D eigenvalue weighted by atomic mass is 79.9. The average molecular weight is 250 g/mol. The van der Waals surface area contributed by atoms with Crippen LogP contribution in [0.1, 0.15) is 10.4 Å². The maximum atomic E-state index is 11.4. The van der Waals surface area contributed by atoms with Crippen molar-refractivity contribution in [2.24, 2.45) is 0 Å². The van der Waals surface area contributed by atoms with Crippen LogP contribution in [0.25, 0.3) is 0 Å². The Morgan fingerprint density at radius 3 is 2.75 bits per heavy atom. The van der Waals surface area contributed by atoms with Crippen molar-refractivity contribution in [3.05, 3.63) is 20.8 Å². The van der Waals surface area contributed by atoms with E-state index >= 15 is 0 Å². The minimum atomic E-state index is -0.148. The van der Waals surface area contributed by atoms with Crippen molar-refractivity contribution in [2.45, 2.75) is 0 Å². The van der Waals surface area contributed by atoms with Gasteiger partial charge in [0.1, 0.15) is 0 Å². The van der Waals surface area contributed by atoms with Crippen molar-refractivity contribution in [1.29, 1.82) is 0 Å². The molecule has 1 aromatic rings. The summed E-state index contributed by atoms with van der Waals surface area (Å²) >= 11 is 4.74. The zero-order valence-corrected chi connectivity index (χ0v) is 9.11. The number of hydrogen-bond acceptors (Lipinski definition) is 3. The van der Waals surface area contributed by atoms with Gasteiger partial charge in [-0.2, -0.15) is 11.3 Å². The molecular formula is C7H8BrNO2S. The lowest BCUT2D eigenvalue weighted by Gasteiger charge is -2.12. The third kappa shape index (κ3) is 1.85. The summed E-state index contributed by atoms with van der Waals surface area (Å²) < 4.78 is 0.807. The van der Waals surface area contributed by atoms with E-state index in [1.54, 1.807) is 12.4 Å². The van der Waals surface area contributed by atoms with E-state index in [9.17, 15) is 4.79 Å². The molecular weight excluding hydrogens is 242 g/mol. The van der Waals surface area contributed by atoms with Crippen molar-refractivity contribution in [3.63, 3.8) is 0 Å². The van der Waals surface area contributed by atoms with Gasteiger partial charge in [0.05, 0.1) is 12.7 Å². The molecule has 1 rings (SSSR count). The number of hydrogen-bond donors (Lipinski definition) is 0. The lowest BCUT2D eigenvalue weighted by Crippen LogP contribution is -2.25. The van der Waals surface area contributed by atoms with Crippen LogP contribution >= 0.6 is 27.3 Å². The fourth-order valence-electron chi connectivity index (χ4n) is 0.687. The Bertz CT molecular complexity index is 287. The highest BCUT2D eigenvalue weighted by Crippen LogP contribution is 2.22. The van der Waals surface area contributed by atoms with Gasteiger partial charge in [0.25, 0.3) is 5.91 Å². The predicted octanol–water partition coefficient (Wildman–Crippen LogP) is 2.14. The lowest BCUT2D eigenvalue weighted by atomic mass is 10.3. The Kier molecular flexibility index (Phi) is 3.25. The first-order valence-electron chi connectivity index (χ1n) is 3.20. The SMILES string of the molecule is CON(C)C(=O)c1cscc1Br. The zero-order valence-electron chi connectivity index (χ0n) is 6.70. The summed E-state index contributed by atoms with van der Waals surface area (Å²) in [5.41, 5.74) is 0.629. The molecule has 0 aliphatic carbocycles. The first-order chi connectivity index (χ1) is 5.66. The van der Waals surface area contributed by atoms with Crippen LogP contribution in [0.15, 0.2) is 15.2 Å². The van der Waals surface area contributed by atoms with Gasteiger partial charge in [-0.15, -0.1) is 0 Å². The van der Waals surface area contributed by atoms with Crippen molar-refractivity contribution in [2.75, 3.05) is 14.2 Å². The number of carbonyl (C=O) groups is 1. The zero-order chi connectivity index (χ0) is 9.14. The van der Waals surface area contributed by atoms with Crippen LogP contribution in [0.5, 0.6) is 0 Å². The van der Waals surface area contributed by atoms with Crippen LogP contribution in [-0.2, 0) is 4.84 Å². The fourth-order valence-corrected chi connectivity index (χ4v) is 2.12. The third-order valence-electron chi connectivity index (χ3n) is 1.40. The second kappa shape index (κ2) is 4.02. The predicted molar refractivity (Wildman–Crippen MR) is 51.1 cm³/mol. The molecule has 12 heavy (non-hydrogen) atoms. The van der Waals surface area contributed by atoms with Gasteiger partial charge in [0.15, 0.2) is 0 Å². The number of amides is 1. The normalized spacial score (nSPS) is 9.92. The minimum Gasteiger partial charge on any atom is -0.274 e. The van der Waals surface area contributed by atoms with Crippen molar-refractivity contribution in [1.82, 2.24) is 5.06 Å². The van der Waals surface area contributed by atoms with Crippen molar-refractivity contribution >= 4 is 33.2 Å². The highest BCUT2D eigenvalue weighted by Gasteiger charge is 2.14. The smallest absolute Gasteiger partial charge is 0.274 e. The molecule has 0 spiro atoms. The van der Waals surface area contributed by atoms with Gasteiger partial charge in [-0.25, -0.2) is 5.06 Å². The quantitative estimate of drug-likeness (QED) is 0.752. The largest absolute Gasteiger partial charge is 0.279 e. The maximum absolute atomic E-state index is 11.4. The second-order valence-corrected chi connectivity index (χ2v) is 3.72. The molecule has 3 nitrogen and oxygen atoms in total. The Hall–Kier alpha value is -0.390. The van der Waals surface area contributed by atoms with Crippen LogP contribution < -0.4 is 0 Å². The molecule has 0 bridgehead atoms. The van der Waals surface area contributed by atoms with E-state index in [0.717, 1.165) is 4.47 Å². The van der Waals surface area contributed by atoms with E-state index < -0.39 is 0 Å². The molecule has 1 aromatic heterocycles. The monoisotopic (exact) mass is 249 g/mol. The topological polar surface area (TPSA) is 29.5 Å². The standard InChI is InChI=1S/C7H8BrNO2S/c1-9(11-2)7(10)5-3-12-4-6(5)8/h3-4H,1-2H3. The summed E-state index contributed by atoms with van der Waals surface area (Å²) in [6.07, 6.45) is 0. The average Bonchev–Trinajstić information content (AvgIpc) is 2.48. The fraction of sp³-hybridized carbons (Fsp3) is 0.286. The second-order valence-electron chi connectivity index (χ2n) is 2.12. The summed E-state index contributed by atoms with van der Waals surface area (Å²) in [7, 11) is 3.03. The molecule has 1 amide bonds. The van der Waals surface area contributed by atoms with Crippen LogP contribution in [0.4, 0.5) is 0 Å². The van der Waals surface area contributed by atoms with E-state index in [4.69, 9.17) is 4.84 Å². The number of halogens is 1. The molecule has 66 valence electrons. The van der Waals surface area contributed by atoms with Gasteiger partial charge in [-0.05, 0) is 15.9 Å².